The average molecular weight is 434 g/mol. The summed E-state index contributed by atoms with van der Waals surface area (Å²) in [7, 11) is 0. The van der Waals surface area contributed by atoms with Crippen molar-refractivity contribution in [1.82, 2.24) is 19.7 Å². The molecule has 0 aliphatic carbocycles. The van der Waals surface area contributed by atoms with Gasteiger partial charge in [-0.1, -0.05) is 35.9 Å². The highest BCUT2D eigenvalue weighted by molar-refractivity contribution is 6.30. The predicted octanol–water partition coefficient (Wildman–Crippen LogP) is 2.95. The van der Waals surface area contributed by atoms with Crippen molar-refractivity contribution in [3.05, 3.63) is 98.8 Å². The maximum Gasteiger partial charge on any atom is 0.264 e. The van der Waals surface area contributed by atoms with Crippen molar-refractivity contribution in [1.29, 1.82) is 0 Å². The summed E-state index contributed by atoms with van der Waals surface area (Å²) >= 11 is 5.88. The number of nitrogens with one attached hydrogen (secondary N) is 2. The zero-order chi connectivity index (χ0) is 21.8. The van der Waals surface area contributed by atoms with Crippen LogP contribution in [0.1, 0.15) is 0 Å². The van der Waals surface area contributed by atoms with Crippen LogP contribution in [0, 0.1) is 0 Å². The van der Waals surface area contributed by atoms with E-state index < -0.39 is 0 Å². The van der Waals surface area contributed by atoms with E-state index in [4.69, 9.17) is 11.6 Å². The molecular weight excluding hydrogens is 418 g/mol. The van der Waals surface area contributed by atoms with Gasteiger partial charge < -0.3 is 5.32 Å². The van der Waals surface area contributed by atoms with Gasteiger partial charge >= 0.3 is 0 Å². The Bertz CT molecular complexity index is 1320. The molecule has 0 saturated carbocycles. The number of carbonyl (C=O) groups is 1. The molecule has 2 N–H and O–H groups in total. The van der Waals surface area contributed by atoms with Crippen LogP contribution in [0.25, 0.3) is 22.5 Å². The van der Waals surface area contributed by atoms with Gasteiger partial charge in [0, 0.05) is 34.0 Å². The number of amides is 1. The molecule has 4 aromatic rings. The zero-order valence-electron chi connectivity index (χ0n) is 16.1. The van der Waals surface area contributed by atoms with Gasteiger partial charge in [0.1, 0.15) is 6.54 Å². The normalized spacial score (nSPS) is 10.6. The molecule has 0 unspecified atom stereocenters. The third-order valence-corrected chi connectivity index (χ3v) is 4.73. The Balaban J connectivity index is 1.42. The molecule has 0 bridgehead atoms. The highest BCUT2D eigenvalue weighted by atomic mass is 35.5. The quantitative estimate of drug-likeness (QED) is 0.503. The van der Waals surface area contributed by atoms with Crippen molar-refractivity contribution < 1.29 is 4.79 Å². The predicted molar refractivity (Wildman–Crippen MR) is 118 cm³/mol. The second-order valence-corrected chi connectivity index (χ2v) is 7.12. The summed E-state index contributed by atoms with van der Waals surface area (Å²) in [6, 6.07) is 18.3. The minimum Gasteiger partial charge on any atom is -0.325 e. The van der Waals surface area contributed by atoms with Crippen LogP contribution >= 0.6 is 11.6 Å². The van der Waals surface area contributed by atoms with E-state index in [1.807, 2.05) is 0 Å². The zero-order valence-corrected chi connectivity index (χ0v) is 16.8. The van der Waals surface area contributed by atoms with Gasteiger partial charge in [-0.2, -0.15) is 5.10 Å². The highest BCUT2D eigenvalue weighted by Crippen LogP contribution is 2.19. The van der Waals surface area contributed by atoms with Gasteiger partial charge in [0.05, 0.1) is 17.7 Å². The Morgan fingerprint density at radius 2 is 1.61 bits per heavy atom. The molecule has 0 saturated heterocycles. The summed E-state index contributed by atoms with van der Waals surface area (Å²) < 4.78 is 1.23. The van der Waals surface area contributed by atoms with Gasteiger partial charge in [-0.3, -0.25) is 19.0 Å². The van der Waals surface area contributed by atoms with Gasteiger partial charge in [0.25, 0.3) is 11.1 Å². The topological polar surface area (TPSA) is 110 Å². The Morgan fingerprint density at radius 1 is 0.935 bits per heavy atom. The second-order valence-electron chi connectivity index (χ2n) is 6.68. The van der Waals surface area contributed by atoms with Crippen molar-refractivity contribution in [2.75, 3.05) is 5.32 Å². The number of H-pyrrole nitrogens is 1. The number of hydrogen-bond acceptors (Lipinski definition) is 5. The number of anilines is 1. The number of aromatic nitrogens is 4. The summed E-state index contributed by atoms with van der Waals surface area (Å²) in [6.45, 7) is -0.171. The number of aromatic amines is 1. The van der Waals surface area contributed by atoms with Gasteiger partial charge in [0.2, 0.25) is 5.91 Å². The molecule has 4 rings (SSSR count). The molecule has 0 aliphatic rings. The van der Waals surface area contributed by atoms with E-state index in [0.29, 0.717) is 22.1 Å². The lowest BCUT2D eigenvalue weighted by molar-refractivity contribution is -0.116. The third kappa shape index (κ3) is 4.93. The summed E-state index contributed by atoms with van der Waals surface area (Å²) in [4.78, 5) is 40.1. The van der Waals surface area contributed by atoms with Crippen LogP contribution in [0.3, 0.4) is 0 Å². The molecule has 0 radical (unpaired) electrons. The monoisotopic (exact) mass is 433 g/mol. The number of benzene rings is 2. The van der Waals surface area contributed by atoms with E-state index in [1.165, 1.54) is 23.0 Å². The molecule has 9 heteroatoms. The number of rotatable bonds is 5. The van der Waals surface area contributed by atoms with E-state index in [-0.39, 0.29) is 23.6 Å². The molecule has 0 atom stereocenters. The van der Waals surface area contributed by atoms with Crippen molar-refractivity contribution >= 4 is 23.2 Å². The van der Waals surface area contributed by atoms with Gasteiger partial charge in [-0.15, -0.1) is 0 Å². The van der Waals surface area contributed by atoms with Crippen molar-refractivity contribution in [3.8, 4) is 22.5 Å². The second kappa shape index (κ2) is 8.76. The van der Waals surface area contributed by atoms with E-state index in [1.54, 1.807) is 54.6 Å². The average Bonchev–Trinajstić information content (AvgIpc) is 2.77. The SMILES string of the molecule is O=C(Cn1cnc(-c2ccc(Cl)cc2)cc1=O)Nc1ccc(-c2ccc(=O)[nH]n2)cc1. The van der Waals surface area contributed by atoms with Gasteiger partial charge in [-0.25, -0.2) is 10.1 Å². The van der Waals surface area contributed by atoms with Crippen LogP contribution < -0.4 is 16.4 Å². The molecule has 1 amide bonds. The van der Waals surface area contributed by atoms with E-state index >= 15 is 0 Å². The standard InChI is InChI=1S/C22H16ClN5O3/c23-16-5-1-15(2-6-16)19-11-22(31)28(13-24-19)12-21(30)25-17-7-3-14(4-8-17)18-9-10-20(29)27-26-18/h1-11,13H,12H2,(H,25,30)(H,27,29). The molecule has 2 aromatic carbocycles. The Kier molecular flexibility index (Phi) is 5.72. The molecular formula is C22H16ClN5O3. The number of halogens is 1. The van der Waals surface area contributed by atoms with Crippen LogP contribution in [0.2, 0.25) is 5.02 Å². The van der Waals surface area contributed by atoms with Crippen LogP contribution in [-0.2, 0) is 11.3 Å². The Labute approximate surface area is 181 Å². The number of hydrogen-bond donors (Lipinski definition) is 2. The molecule has 31 heavy (non-hydrogen) atoms. The number of nitrogens with zero attached hydrogens (tertiary/aromatic N) is 3. The van der Waals surface area contributed by atoms with E-state index in [2.05, 4.69) is 20.5 Å². The van der Waals surface area contributed by atoms with Crippen LogP contribution in [-0.4, -0.2) is 25.7 Å². The highest BCUT2D eigenvalue weighted by Gasteiger charge is 2.08. The molecule has 8 nitrogen and oxygen atoms in total. The van der Waals surface area contributed by atoms with Gasteiger partial charge in [0.15, 0.2) is 0 Å². The molecule has 154 valence electrons. The fraction of sp³-hybridized carbons (Fsp3) is 0.0455. The fourth-order valence-electron chi connectivity index (χ4n) is 2.91. The van der Waals surface area contributed by atoms with Gasteiger partial charge in [-0.05, 0) is 30.3 Å². The first-order chi connectivity index (χ1) is 15.0. The van der Waals surface area contributed by atoms with Crippen molar-refractivity contribution in [2.45, 2.75) is 6.54 Å². The molecule has 0 aliphatic heterocycles. The summed E-state index contributed by atoms with van der Waals surface area (Å²) in [6.07, 6.45) is 1.34. The van der Waals surface area contributed by atoms with Crippen LogP contribution in [0.4, 0.5) is 5.69 Å². The maximum atomic E-state index is 12.4. The third-order valence-electron chi connectivity index (χ3n) is 4.48. The smallest absolute Gasteiger partial charge is 0.264 e. The first-order valence-corrected chi connectivity index (χ1v) is 9.64. The summed E-state index contributed by atoms with van der Waals surface area (Å²) in [5, 5.41) is 9.67. The first kappa shape index (κ1) is 20.2. The molecule has 0 spiro atoms. The summed E-state index contributed by atoms with van der Waals surface area (Å²) in [5.41, 5.74) is 2.61. The Hall–Kier alpha value is -4.04. The fourth-order valence-corrected chi connectivity index (χ4v) is 3.03. The minimum absolute atomic E-state index is 0.171. The van der Waals surface area contributed by atoms with Crippen molar-refractivity contribution in [3.63, 3.8) is 0 Å². The largest absolute Gasteiger partial charge is 0.325 e. The maximum absolute atomic E-state index is 12.4. The lowest BCUT2D eigenvalue weighted by Crippen LogP contribution is -2.27. The molecule has 0 fully saturated rings. The first-order valence-electron chi connectivity index (χ1n) is 9.26. The molecule has 2 heterocycles. The van der Waals surface area contributed by atoms with Crippen molar-refractivity contribution in [2.24, 2.45) is 0 Å². The lowest BCUT2D eigenvalue weighted by Gasteiger charge is -2.09. The summed E-state index contributed by atoms with van der Waals surface area (Å²) in [5.74, 6) is -0.363. The minimum atomic E-state index is -0.363. The van der Waals surface area contributed by atoms with E-state index in [0.717, 1.165) is 11.1 Å². The van der Waals surface area contributed by atoms with Crippen LogP contribution in [0.5, 0.6) is 0 Å². The lowest BCUT2D eigenvalue weighted by atomic mass is 10.1. The Morgan fingerprint density at radius 3 is 2.26 bits per heavy atom. The van der Waals surface area contributed by atoms with Crippen LogP contribution in [0.15, 0.2) is 82.6 Å². The van der Waals surface area contributed by atoms with E-state index in [9.17, 15) is 14.4 Å². The molecule has 2 aromatic heterocycles. The number of carbonyl (C=O) groups excluding carboxylic acids is 1.